The molecule has 0 saturated carbocycles. The Bertz CT molecular complexity index is 1340. The van der Waals surface area contributed by atoms with E-state index >= 15 is 0 Å². The van der Waals surface area contributed by atoms with Gasteiger partial charge < -0.3 is 19.9 Å². The topological polar surface area (TPSA) is 79.0 Å². The van der Waals surface area contributed by atoms with Gasteiger partial charge in [0.2, 0.25) is 0 Å². The lowest BCUT2D eigenvalue weighted by atomic mass is 9.98. The fourth-order valence-electron chi connectivity index (χ4n) is 4.50. The number of halogens is 3. The molecular formula is C29H28BrClFN3O4. The lowest BCUT2D eigenvalue weighted by Gasteiger charge is -2.35. The Morgan fingerprint density at radius 1 is 0.974 bits per heavy atom. The molecule has 1 unspecified atom stereocenters. The minimum absolute atomic E-state index is 0.0503. The highest BCUT2D eigenvalue weighted by Gasteiger charge is 2.31. The average molecular weight is 617 g/mol. The molecule has 3 aromatic carbocycles. The third kappa shape index (κ3) is 6.78. The summed E-state index contributed by atoms with van der Waals surface area (Å²) in [5.74, 6) is -1.70. The number of carbonyl (C=O) groups excluding carboxylic acids is 3. The van der Waals surface area contributed by atoms with Gasteiger partial charge in [-0.3, -0.25) is 14.4 Å². The highest BCUT2D eigenvalue weighted by atomic mass is 79.9. The maximum absolute atomic E-state index is 14.6. The second-order valence-corrected chi connectivity index (χ2v) is 10.2. The Morgan fingerprint density at radius 3 is 2.33 bits per heavy atom. The standard InChI is InChI=1S/C29H28BrClFN3O4/c1-2-39-26-13-6-4-9-20(26)28(37)34-14-16-35(17-15-34)29(38)27(36)33-25(19-8-3-5-10-22(19)30)18-21-23(31)11-7-12-24(21)32/h3-13,25H,2,14-18H2,1H3,(H,33,36). The van der Waals surface area contributed by atoms with Crippen LogP contribution in [0.15, 0.2) is 71.2 Å². The fourth-order valence-corrected chi connectivity index (χ4v) is 5.30. The smallest absolute Gasteiger partial charge is 0.312 e. The van der Waals surface area contributed by atoms with E-state index in [1.807, 2.05) is 13.0 Å². The minimum Gasteiger partial charge on any atom is -0.493 e. The number of piperazine rings is 1. The molecule has 0 bridgehead atoms. The van der Waals surface area contributed by atoms with Crippen LogP contribution in [-0.2, 0) is 16.0 Å². The van der Waals surface area contributed by atoms with Crippen molar-refractivity contribution < 1.29 is 23.5 Å². The van der Waals surface area contributed by atoms with E-state index in [9.17, 15) is 18.8 Å². The second kappa shape index (κ2) is 13.1. The molecule has 0 aromatic heterocycles. The number of para-hydroxylation sites is 1. The van der Waals surface area contributed by atoms with Crippen LogP contribution in [0.5, 0.6) is 5.75 Å². The molecule has 3 aromatic rings. The first-order valence-corrected chi connectivity index (χ1v) is 13.8. The molecule has 1 aliphatic rings. The Hall–Kier alpha value is -3.43. The maximum Gasteiger partial charge on any atom is 0.312 e. The quantitative estimate of drug-likeness (QED) is 0.378. The third-order valence-corrected chi connectivity index (χ3v) is 7.60. The van der Waals surface area contributed by atoms with Crippen LogP contribution in [0.4, 0.5) is 4.39 Å². The molecule has 1 fully saturated rings. The zero-order valence-electron chi connectivity index (χ0n) is 21.3. The Labute approximate surface area is 240 Å². The predicted molar refractivity (Wildman–Crippen MR) is 150 cm³/mol. The van der Waals surface area contributed by atoms with Gasteiger partial charge in [-0.1, -0.05) is 63.9 Å². The van der Waals surface area contributed by atoms with Crippen molar-refractivity contribution >= 4 is 45.3 Å². The number of nitrogens with zero attached hydrogens (tertiary/aromatic N) is 2. The first-order valence-electron chi connectivity index (χ1n) is 12.6. The molecule has 1 aliphatic heterocycles. The molecule has 10 heteroatoms. The Morgan fingerprint density at radius 2 is 1.64 bits per heavy atom. The largest absolute Gasteiger partial charge is 0.493 e. The summed E-state index contributed by atoms with van der Waals surface area (Å²) in [5, 5.41) is 3.01. The first kappa shape index (κ1) is 28.6. The zero-order chi connectivity index (χ0) is 27.9. The van der Waals surface area contributed by atoms with E-state index in [0.29, 0.717) is 28.0 Å². The van der Waals surface area contributed by atoms with Gasteiger partial charge in [0.1, 0.15) is 11.6 Å². The molecule has 39 heavy (non-hydrogen) atoms. The SMILES string of the molecule is CCOc1ccccc1C(=O)N1CCN(C(=O)C(=O)NC(Cc2c(F)cccc2Cl)c2ccccc2Br)CC1. The Kier molecular flexibility index (Phi) is 9.59. The lowest BCUT2D eigenvalue weighted by molar-refractivity contribution is -0.147. The van der Waals surface area contributed by atoms with E-state index in [-0.39, 0.29) is 49.1 Å². The first-order chi connectivity index (χ1) is 18.8. The number of nitrogens with one attached hydrogen (secondary N) is 1. The zero-order valence-corrected chi connectivity index (χ0v) is 23.7. The van der Waals surface area contributed by atoms with Gasteiger partial charge in [0.25, 0.3) is 5.91 Å². The number of benzene rings is 3. The van der Waals surface area contributed by atoms with Crippen LogP contribution >= 0.6 is 27.5 Å². The molecule has 204 valence electrons. The van der Waals surface area contributed by atoms with Gasteiger partial charge in [-0.05, 0) is 42.8 Å². The van der Waals surface area contributed by atoms with Crippen molar-refractivity contribution in [1.82, 2.24) is 15.1 Å². The molecule has 3 amide bonds. The van der Waals surface area contributed by atoms with Crippen LogP contribution in [-0.4, -0.2) is 60.3 Å². The third-order valence-electron chi connectivity index (χ3n) is 6.52. The maximum atomic E-state index is 14.6. The number of hydrogen-bond donors (Lipinski definition) is 1. The summed E-state index contributed by atoms with van der Waals surface area (Å²) in [6.45, 7) is 3.24. The lowest BCUT2D eigenvalue weighted by Crippen LogP contribution is -2.54. The van der Waals surface area contributed by atoms with Crippen LogP contribution in [0.2, 0.25) is 5.02 Å². The molecule has 1 atom stereocenters. The summed E-state index contributed by atoms with van der Waals surface area (Å²) in [7, 11) is 0. The van der Waals surface area contributed by atoms with Crippen LogP contribution in [0.25, 0.3) is 0 Å². The molecule has 0 radical (unpaired) electrons. The van der Waals surface area contributed by atoms with Crippen molar-refractivity contribution in [3.8, 4) is 5.75 Å². The number of rotatable bonds is 7. The van der Waals surface area contributed by atoms with Gasteiger partial charge in [-0.2, -0.15) is 0 Å². The number of carbonyl (C=O) groups is 3. The predicted octanol–water partition coefficient (Wildman–Crippen LogP) is 5.02. The molecule has 1 heterocycles. The molecule has 1 saturated heterocycles. The summed E-state index contributed by atoms with van der Waals surface area (Å²) in [4.78, 5) is 42.4. The molecule has 0 spiro atoms. The number of ether oxygens (including phenoxy) is 1. The van der Waals surface area contributed by atoms with E-state index in [0.717, 1.165) is 0 Å². The van der Waals surface area contributed by atoms with Gasteiger partial charge in [-0.25, -0.2) is 4.39 Å². The van der Waals surface area contributed by atoms with Crippen LogP contribution in [0.3, 0.4) is 0 Å². The van der Waals surface area contributed by atoms with E-state index in [1.165, 1.54) is 17.0 Å². The van der Waals surface area contributed by atoms with Crippen molar-refractivity contribution in [1.29, 1.82) is 0 Å². The minimum atomic E-state index is -0.815. The molecule has 0 aliphatic carbocycles. The Balaban J connectivity index is 1.44. The van der Waals surface area contributed by atoms with Crippen molar-refractivity contribution in [2.75, 3.05) is 32.8 Å². The van der Waals surface area contributed by atoms with Gasteiger partial charge in [0, 0.05) is 47.7 Å². The molecule has 7 nitrogen and oxygen atoms in total. The number of amides is 3. The monoisotopic (exact) mass is 615 g/mol. The van der Waals surface area contributed by atoms with E-state index < -0.39 is 23.7 Å². The van der Waals surface area contributed by atoms with E-state index in [2.05, 4.69) is 21.2 Å². The van der Waals surface area contributed by atoms with Gasteiger partial charge in [0.15, 0.2) is 0 Å². The fraction of sp³-hybridized carbons (Fsp3) is 0.276. The van der Waals surface area contributed by atoms with Crippen molar-refractivity contribution in [2.24, 2.45) is 0 Å². The molecule has 4 rings (SSSR count). The summed E-state index contributed by atoms with van der Waals surface area (Å²) in [5.41, 5.74) is 1.38. The normalized spacial score (nSPS) is 14.1. The van der Waals surface area contributed by atoms with Crippen LogP contribution in [0, 0.1) is 5.82 Å². The van der Waals surface area contributed by atoms with Crippen molar-refractivity contribution in [3.63, 3.8) is 0 Å². The number of hydrogen-bond acceptors (Lipinski definition) is 4. The summed E-state index contributed by atoms with van der Waals surface area (Å²) < 4.78 is 20.9. The van der Waals surface area contributed by atoms with Gasteiger partial charge >= 0.3 is 11.8 Å². The van der Waals surface area contributed by atoms with E-state index in [4.69, 9.17) is 16.3 Å². The van der Waals surface area contributed by atoms with Crippen molar-refractivity contribution in [2.45, 2.75) is 19.4 Å². The van der Waals surface area contributed by atoms with Crippen LogP contribution in [0.1, 0.15) is 34.5 Å². The van der Waals surface area contributed by atoms with Gasteiger partial charge in [0.05, 0.1) is 18.2 Å². The summed E-state index contributed by atoms with van der Waals surface area (Å²) in [6, 6.07) is 17.9. The highest BCUT2D eigenvalue weighted by Crippen LogP contribution is 2.30. The highest BCUT2D eigenvalue weighted by molar-refractivity contribution is 9.10. The average Bonchev–Trinajstić information content (AvgIpc) is 2.94. The van der Waals surface area contributed by atoms with Gasteiger partial charge in [-0.15, -0.1) is 0 Å². The van der Waals surface area contributed by atoms with Crippen molar-refractivity contribution in [3.05, 3.63) is 98.7 Å². The van der Waals surface area contributed by atoms with E-state index in [1.54, 1.807) is 53.4 Å². The molecule has 1 N–H and O–H groups in total. The second-order valence-electron chi connectivity index (χ2n) is 8.97. The summed E-state index contributed by atoms with van der Waals surface area (Å²) in [6.07, 6.45) is 0.0503. The molecular weight excluding hydrogens is 589 g/mol. The summed E-state index contributed by atoms with van der Waals surface area (Å²) >= 11 is 9.74. The van der Waals surface area contributed by atoms with Crippen LogP contribution < -0.4 is 10.1 Å².